The Balaban J connectivity index is 1.59. The van der Waals surface area contributed by atoms with Crippen LogP contribution in [0.25, 0.3) is 0 Å². The molecule has 118 valence electrons. The summed E-state index contributed by atoms with van der Waals surface area (Å²) in [6.07, 6.45) is 0. The minimum absolute atomic E-state index is 0.292. The molecule has 0 radical (unpaired) electrons. The van der Waals surface area contributed by atoms with Gasteiger partial charge in [0, 0.05) is 11.3 Å². The highest BCUT2D eigenvalue weighted by Crippen LogP contribution is 2.19. The van der Waals surface area contributed by atoms with Crippen molar-refractivity contribution in [3.8, 4) is 6.07 Å². The Hall–Kier alpha value is -3.11. The van der Waals surface area contributed by atoms with E-state index in [1.165, 1.54) is 17.3 Å². The molecule has 0 fully saturated rings. The van der Waals surface area contributed by atoms with Gasteiger partial charge >= 0.3 is 0 Å². The third-order valence-electron chi connectivity index (χ3n) is 3.18. The van der Waals surface area contributed by atoms with Gasteiger partial charge in [0.2, 0.25) is 11.1 Å². The zero-order valence-corrected chi connectivity index (χ0v) is 13.4. The Morgan fingerprint density at radius 2 is 1.92 bits per heavy atom. The lowest BCUT2D eigenvalue weighted by molar-refractivity contribution is 0.102. The van der Waals surface area contributed by atoms with Crippen LogP contribution >= 0.6 is 11.8 Å². The van der Waals surface area contributed by atoms with Crippen molar-refractivity contribution in [2.75, 3.05) is 5.32 Å². The number of nitriles is 1. The zero-order chi connectivity index (χ0) is 16.8. The van der Waals surface area contributed by atoms with E-state index in [-0.39, 0.29) is 5.91 Å². The van der Waals surface area contributed by atoms with Crippen LogP contribution in [0.5, 0.6) is 0 Å². The van der Waals surface area contributed by atoms with Crippen LogP contribution in [0.1, 0.15) is 21.5 Å². The highest BCUT2D eigenvalue weighted by atomic mass is 32.2. The number of H-pyrrole nitrogens is 1. The third kappa shape index (κ3) is 4.00. The van der Waals surface area contributed by atoms with Gasteiger partial charge in [0.15, 0.2) is 0 Å². The second-order valence-corrected chi connectivity index (χ2v) is 5.83. The molecule has 0 unspecified atom stereocenters. The van der Waals surface area contributed by atoms with E-state index in [1.807, 2.05) is 36.4 Å². The van der Waals surface area contributed by atoms with Gasteiger partial charge in [0.1, 0.15) is 0 Å². The van der Waals surface area contributed by atoms with Crippen molar-refractivity contribution in [1.82, 2.24) is 15.2 Å². The first-order chi connectivity index (χ1) is 11.7. The molecule has 0 bridgehead atoms. The van der Waals surface area contributed by atoms with Crippen molar-refractivity contribution in [1.29, 1.82) is 5.26 Å². The third-order valence-corrected chi connectivity index (χ3v) is 4.10. The summed E-state index contributed by atoms with van der Waals surface area (Å²) in [5.74, 6) is 0.733. The van der Waals surface area contributed by atoms with Crippen LogP contribution in [-0.2, 0) is 5.75 Å². The molecule has 7 heteroatoms. The monoisotopic (exact) mass is 335 g/mol. The van der Waals surface area contributed by atoms with Gasteiger partial charge in [-0.25, -0.2) is 5.10 Å². The number of carbonyl (C=O) groups is 1. The van der Waals surface area contributed by atoms with Crippen molar-refractivity contribution in [3.63, 3.8) is 0 Å². The van der Waals surface area contributed by atoms with E-state index in [0.29, 0.717) is 22.2 Å². The number of rotatable bonds is 5. The summed E-state index contributed by atoms with van der Waals surface area (Å²) in [7, 11) is 0. The molecular weight excluding hydrogens is 322 g/mol. The number of amides is 1. The minimum Gasteiger partial charge on any atom is -0.291 e. The smallest absolute Gasteiger partial charge is 0.258 e. The molecule has 0 aliphatic heterocycles. The summed E-state index contributed by atoms with van der Waals surface area (Å²) >= 11 is 1.48. The molecule has 2 N–H and O–H groups in total. The number of nitrogens with one attached hydrogen (secondary N) is 2. The predicted molar refractivity (Wildman–Crippen MR) is 91.5 cm³/mol. The number of anilines is 1. The van der Waals surface area contributed by atoms with E-state index in [0.717, 1.165) is 5.75 Å². The summed E-state index contributed by atoms with van der Waals surface area (Å²) < 4.78 is 0. The van der Waals surface area contributed by atoms with Gasteiger partial charge in [-0.05, 0) is 29.8 Å². The first-order valence-corrected chi connectivity index (χ1v) is 8.14. The van der Waals surface area contributed by atoms with Crippen molar-refractivity contribution in [2.24, 2.45) is 0 Å². The van der Waals surface area contributed by atoms with E-state index >= 15 is 0 Å². The maximum absolute atomic E-state index is 12.1. The molecule has 0 saturated heterocycles. The molecule has 0 aliphatic rings. The molecule has 3 rings (SSSR count). The Morgan fingerprint density at radius 1 is 1.17 bits per heavy atom. The van der Waals surface area contributed by atoms with Crippen molar-refractivity contribution < 1.29 is 4.79 Å². The van der Waals surface area contributed by atoms with Gasteiger partial charge in [0.05, 0.1) is 11.6 Å². The van der Waals surface area contributed by atoms with Crippen LogP contribution in [0.15, 0.2) is 59.8 Å². The number of carbonyl (C=O) groups excluding carboxylic acids is 1. The molecule has 6 nitrogen and oxygen atoms in total. The molecule has 1 aromatic heterocycles. The Bertz CT molecular complexity index is 868. The predicted octanol–water partition coefficient (Wildman–Crippen LogP) is 3.22. The highest BCUT2D eigenvalue weighted by Gasteiger charge is 2.10. The van der Waals surface area contributed by atoms with Crippen LogP contribution in [0.3, 0.4) is 0 Å². The van der Waals surface area contributed by atoms with Gasteiger partial charge < -0.3 is 0 Å². The Labute approximate surface area is 142 Å². The topological polar surface area (TPSA) is 94.5 Å². The number of aromatic nitrogens is 3. The molecule has 0 aliphatic carbocycles. The fourth-order valence-corrected chi connectivity index (χ4v) is 2.72. The quantitative estimate of drug-likeness (QED) is 0.698. The summed E-state index contributed by atoms with van der Waals surface area (Å²) in [5.41, 5.74) is 2.13. The number of thioether (sulfide) groups is 1. The number of aromatic amines is 1. The molecular formula is C17H13N5OS. The average molecular weight is 335 g/mol. The van der Waals surface area contributed by atoms with Crippen LogP contribution in [0, 0.1) is 11.3 Å². The molecule has 0 saturated carbocycles. The SMILES string of the molecule is N#Cc1ccc(C(=O)Nc2nc(SCc3ccccc3)n[nH]2)cc1. The lowest BCUT2D eigenvalue weighted by Gasteiger charge is -2.01. The lowest BCUT2D eigenvalue weighted by Crippen LogP contribution is -2.12. The molecule has 3 aromatic rings. The molecule has 0 atom stereocenters. The second kappa shape index (κ2) is 7.44. The largest absolute Gasteiger partial charge is 0.291 e. The first kappa shape index (κ1) is 15.8. The second-order valence-electron chi connectivity index (χ2n) is 4.88. The first-order valence-electron chi connectivity index (χ1n) is 7.15. The van der Waals surface area contributed by atoms with Gasteiger partial charge in [0.25, 0.3) is 5.91 Å². The van der Waals surface area contributed by atoms with E-state index in [9.17, 15) is 4.79 Å². The van der Waals surface area contributed by atoms with Crippen LogP contribution in [0.2, 0.25) is 0 Å². The molecule has 1 heterocycles. The van der Waals surface area contributed by atoms with Crippen LogP contribution in [-0.4, -0.2) is 21.1 Å². The Morgan fingerprint density at radius 3 is 2.62 bits per heavy atom. The number of nitrogens with zero attached hydrogens (tertiary/aromatic N) is 3. The fourth-order valence-electron chi connectivity index (χ4n) is 1.96. The minimum atomic E-state index is -0.310. The fraction of sp³-hybridized carbons (Fsp3) is 0.0588. The maximum atomic E-state index is 12.1. The molecule has 0 spiro atoms. The van der Waals surface area contributed by atoms with E-state index in [2.05, 4.69) is 20.5 Å². The number of hydrogen-bond acceptors (Lipinski definition) is 5. The molecule has 2 aromatic carbocycles. The highest BCUT2D eigenvalue weighted by molar-refractivity contribution is 7.98. The summed E-state index contributed by atoms with van der Waals surface area (Å²) in [4.78, 5) is 16.4. The van der Waals surface area contributed by atoms with Crippen LogP contribution in [0.4, 0.5) is 5.95 Å². The van der Waals surface area contributed by atoms with E-state index in [4.69, 9.17) is 5.26 Å². The summed E-state index contributed by atoms with van der Waals surface area (Å²) in [6.45, 7) is 0. The number of benzene rings is 2. The summed E-state index contributed by atoms with van der Waals surface area (Å²) in [6, 6.07) is 18.4. The van der Waals surface area contributed by atoms with Crippen molar-refractivity contribution in [3.05, 3.63) is 71.3 Å². The zero-order valence-electron chi connectivity index (χ0n) is 12.6. The van der Waals surface area contributed by atoms with E-state index < -0.39 is 0 Å². The summed E-state index contributed by atoms with van der Waals surface area (Å²) in [5, 5.41) is 18.7. The van der Waals surface area contributed by atoms with Crippen molar-refractivity contribution >= 4 is 23.6 Å². The van der Waals surface area contributed by atoms with Gasteiger partial charge in [-0.3, -0.25) is 10.1 Å². The van der Waals surface area contributed by atoms with Gasteiger partial charge in [-0.1, -0.05) is 42.1 Å². The van der Waals surface area contributed by atoms with E-state index in [1.54, 1.807) is 24.3 Å². The number of hydrogen-bond donors (Lipinski definition) is 2. The maximum Gasteiger partial charge on any atom is 0.258 e. The van der Waals surface area contributed by atoms with Gasteiger partial charge in [-0.15, -0.1) is 5.10 Å². The Kier molecular flexibility index (Phi) is 4.89. The lowest BCUT2D eigenvalue weighted by atomic mass is 10.1. The normalized spacial score (nSPS) is 10.1. The molecule has 1 amide bonds. The molecule has 24 heavy (non-hydrogen) atoms. The van der Waals surface area contributed by atoms with Gasteiger partial charge in [-0.2, -0.15) is 10.2 Å². The average Bonchev–Trinajstić information content (AvgIpc) is 3.08. The van der Waals surface area contributed by atoms with Crippen molar-refractivity contribution in [2.45, 2.75) is 10.9 Å². The van der Waals surface area contributed by atoms with Crippen LogP contribution < -0.4 is 5.32 Å². The standard InChI is InChI=1S/C17H13N5OS/c18-10-12-6-8-14(9-7-12)15(23)19-16-20-17(22-21-16)24-11-13-4-2-1-3-5-13/h1-9H,11H2,(H2,19,20,21,22,23).